The first-order valence-electron chi connectivity index (χ1n) is 13.7. The van der Waals surface area contributed by atoms with E-state index in [1.807, 2.05) is 18.8 Å². The van der Waals surface area contributed by atoms with Crippen LogP contribution in [0, 0.1) is 10.8 Å². The minimum absolute atomic E-state index is 0.114. The van der Waals surface area contributed by atoms with E-state index in [0.717, 1.165) is 40.4 Å². The zero-order valence-electron chi connectivity index (χ0n) is 25.9. The molecule has 0 radical (unpaired) electrons. The van der Waals surface area contributed by atoms with Crippen molar-refractivity contribution in [2.75, 3.05) is 37.9 Å². The normalized spacial score (nSPS) is 22.6. The number of nitrogens with one attached hydrogen (secondary N) is 1. The quantitative estimate of drug-likeness (QED) is 0.205. The summed E-state index contributed by atoms with van der Waals surface area (Å²) in [6.07, 6.45) is -4.78. The SMILES string of the molecule is CC.CC(C)(C)C(=O)SCCOP(=O)(OCCSC(=O)C(C)(C)C)OC[C@@]1(CN)O[C@@H](n2ccc(=O)[nH]c2=O)[C@H](F)[C@@H]1O. The Morgan fingerprint density at radius 3 is 1.98 bits per heavy atom. The van der Waals surface area contributed by atoms with Crippen molar-refractivity contribution in [2.24, 2.45) is 16.6 Å². The van der Waals surface area contributed by atoms with Crippen LogP contribution in [0.3, 0.4) is 0 Å². The molecular formula is C26H45FN3O10PS2. The van der Waals surface area contributed by atoms with Crippen LogP contribution < -0.4 is 17.0 Å². The van der Waals surface area contributed by atoms with E-state index in [-0.39, 0.29) is 35.0 Å². The second-order valence-electron chi connectivity index (χ2n) is 11.3. The van der Waals surface area contributed by atoms with Gasteiger partial charge in [-0.05, 0) is 0 Å². The van der Waals surface area contributed by atoms with Crippen LogP contribution in [0.15, 0.2) is 21.9 Å². The summed E-state index contributed by atoms with van der Waals surface area (Å²) in [5, 5.41) is 10.5. The van der Waals surface area contributed by atoms with Crippen LogP contribution in [0.1, 0.15) is 61.6 Å². The van der Waals surface area contributed by atoms with Crippen molar-refractivity contribution in [3.63, 3.8) is 0 Å². The van der Waals surface area contributed by atoms with Crippen LogP contribution in [-0.2, 0) is 32.5 Å². The summed E-state index contributed by atoms with van der Waals surface area (Å²) in [5.41, 5.74) is 0.941. The predicted octanol–water partition coefficient (Wildman–Crippen LogP) is 3.26. The molecule has 1 saturated heterocycles. The van der Waals surface area contributed by atoms with E-state index in [1.54, 1.807) is 41.5 Å². The van der Waals surface area contributed by atoms with Crippen LogP contribution in [-0.4, -0.2) is 80.6 Å². The van der Waals surface area contributed by atoms with Gasteiger partial charge in [0.2, 0.25) is 0 Å². The third kappa shape index (κ3) is 11.5. The Balaban J connectivity index is 0.00000452. The van der Waals surface area contributed by atoms with Crippen molar-refractivity contribution < 1.29 is 42.0 Å². The lowest BCUT2D eigenvalue weighted by Gasteiger charge is -2.31. The van der Waals surface area contributed by atoms with E-state index >= 15 is 4.39 Å². The maximum Gasteiger partial charge on any atom is 0.474 e. The molecule has 0 bridgehead atoms. The average Bonchev–Trinajstić information content (AvgIpc) is 3.18. The second kappa shape index (κ2) is 16.8. The lowest BCUT2D eigenvalue weighted by atomic mass is 9.97. The van der Waals surface area contributed by atoms with Gasteiger partial charge < -0.3 is 15.6 Å². The number of aliphatic hydroxyl groups excluding tert-OH is 1. The fraction of sp³-hybridized carbons (Fsp3) is 0.769. The molecule has 2 heterocycles. The Morgan fingerprint density at radius 1 is 1.07 bits per heavy atom. The van der Waals surface area contributed by atoms with E-state index in [0.29, 0.717) is 0 Å². The zero-order valence-corrected chi connectivity index (χ0v) is 28.4. The van der Waals surface area contributed by atoms with Crippen molar-refractivity contribution in [1.82, 2.24) is 9.55 Å². The molecule has 1 aromatic heterocycles. The van der Waals surface area contributed by atoms with Gasteiger partial charge in [0.1, 0.15) is 11.7 Å². The number of alkyl halides is 1. The van der Waals surface area contributed by atoms with Crippen molar-refractivity contribution in [3.8, 4) is 0 Å². The lowest BCUT2D eigenvalue weighted by Crippen LogP contribution is -2.51. The summed E-state index contributed by atoms with van der Waals surface area (Å²) >= 11 is 1.94. The highest BCUT2D eigenvalue weighted by Crippen LogP contribution is 2.51. The molecule has 1 aromatic rings. The highest BCUT2D eigenvalue weighted by molar-refractivity contribution is 8.14. The van der Waals surface area contributed by atoms with E-state index in [9.17, 15) is 28.8 Å². The maximum atomic E-state index is 15.2. The monoisotopic (exact) mass is 673 g/mol. The number of aromatic nitrogens is 2. The molecule has 1 aliphatic heterocycles. The van der Waals surface area contributed by atoms with E-state index in [2.05, 4.69) is 0 Å². The molecule has 0 amide bonds. The van der Waals surface area contributed by atoms with Gasteiger partial charge in [-0.2, -0.15) is 0 Å². The number of nitrogens with two attached hydrogens (primary N) is 1. The van der Waals surface area contributed by atoms with Crippen LogP contribution >= 0.6 is 31.3 Å². The Labute approximate surface area is 259 Å². The molecule has 17 heteroatoms. The topological polar surface area (TPSA) is 189 Å². The van der Waals surface area contributed by atoms with Gasteiger partial charge in [-0.1, -0.05) is 78.9 Å². The number of carbonyl (C=O) groups is 2. The molecule has 0 spiro atoms. The second-order valence-corrected chi connectivity index (χ2v) is 15.1. The molecule has 0 saturated carbocycles. The van der Waals surface area contributed by atoms with Gasteiger partial charge in [0.15, 0.2) is 22.6 Å². The number of phosphoric acid groups is 1. The van der Waals surface area contributed by atoms with Crippen LogP contribution in [0.2, 0.25) is 0 Å². The van der Waals surface area contributed by atoms with Crippen molar-refractivity contribution in [1.29, 1.82) is 0 Å². The Bertz CT molecular complexity index is 1200. The van der Waals surface area contributed by atoms with Gasteiger partial charge in [-0.25, -0.2) is 13.8 Å². The molecule has 43 heavy (non-hydrogen) atoms. The van der Waals surface area contributed by atoms with Crippen LogP contribution in [0.25, 0.3) is 0 Å². The van der Waals surface area contributed by atoms with Crippen LogP contribution in [0.5, 0.6) is 0 Å². The number of hydrogen-bond donors (Lipinski definition) is 3. The first kappa shape index (κ1) is 39.7. The minimum Gasteiger partial charge on any atom is -0.387 e. The molecule has 1 aliphatic rings. The summed E-state index contributed by atoms with van der Waals surface area (Å²) in [7, 11) is -4.42. The summed E-state index contributed by atoms with van der Waals surface area (Å²) in [4.78, 5) is 49.9. The van der Waals surface area contributed by atoms with E-state index in [4.69, 9.17) is 24.0 Å². The first-order valence-corrected chi connectivity index (χ1v) is 17.2. The molecule has 248 valence electrons. The third-order valence-corrected chi connectivity index (χ3v) is 9.70. The standard InChI is InChI=1S/C24H39FN3O10PS2.C2H6/c1-22(2,3)19(31)40-11-9-35-39(34,36-10-12-41-20(32)23(4,5)6)37-14-24(13-26)17(30)16(25)18(38-24)28-8-7-15(29)27-21(28)33;1-2/h7-8,16-18,30H,9-14,26H2,1-6H3,(H,27,29,33);1-2H3/t16-,17+,18-,24-;/m1./s1. The number of hydrogen-bond acceptors (Lipinski definition) is 13. The molecule has 0 aromatic carbocycles. The Hall–Kier alpha value is -1.36. The summed E-state index contributed by atoms with van der Waals surface area (Å²) in [6, 6.07) is 0.976. The zero-order chi connectivity index (χ0) is 33.2. The summed E-state index contributed by atoms with van der Waals surface area (Å²) in [6.45, 7) is 12.8. The largest absolute Gasteiger partial charge is 0.474 e. The Morgan fingerprint density at radius 2 is 1.56 bits per heavy atom. The number of H-pyrrole nitrogens is 1. The predicted molar refractivity (Wildman–Crippen MR) is 165 cm³/mol. The van der Waals surface area contributed by atoms with Crippen molar-refractivity contribution in [2.45, 2.75) is 79.5 Å². The third-order valence-electron chi connectivity index (χ3n) is 5.76. The number of aromatic amines is 1. The van der Waals surface area contributed by atoms with Gasteiger partial charge in [-0.15, -0.1) is 0 Å². The van der Waals surface area contributed by atoms with Gasteiger partial charge >= 0.3 is 13.5 Å². The molecule has 4 N–H and O–H groups in total. The summed E-state index contributed by atoms with van der Waals surface area (Å²) < 4.78 is 51.3. The number of phosphoric ester groups is 1. The number of thioether (sulfide) groups is 2. The number of carbonyl (C=O) groups excluding carboxylic acids is 2. The molecule has 0 aliphatic carbocycles. The molecule has 2 rings (SSSR count). The number of ether oxygens (including phenoxy) is 1. The molecule has 1 fully saturated rings. The number of rotatable bonds is 13. The molecule has 13 nitrogen and oxygen atoms in total. The minimum atomic E-state index is -4.42. The fourth-order valence-electron chi connectivity index (χ4n) is 3.31. The highest BCUT2D eigenvalue weighted by atomic mass is 32.2. The van der Waals surface area contributed by atoms with Gasteiger partial charge in [0.05, 0.1) is 19.8 Å². The summed E-state index contributed by atoms with van der Waals surface area (Å²) in [5.74, 6) is 0.240. The van der Waals surface area contributed by atoms with Crippen molar-refractivity contribution in [3.05, 3.63) is 33.1 Å². The highest BCUT2D eigenvalue weighted by Gasteiger charge is 2.56. The first-order chi connectivity index (χ1) is 19.8. The molecular weight excluding hydrogens is 628 g/mol. The van der Waals surface area contributed by atoms with Crippen LogP contribution in [0.4, 0.5) is 4.39 Å². The number of nitrogens with zero attached hydrogens (tertiary/aromatic N) is 1. The van der Waals surface area contributed by atoms with E-state index < -0.39 is 67.2 Å². The number of aliphatic hydroxyl groups is 1. The number of halogens is 1. The fourth-order valence-corrected chi connectivity index (χ4v) is 6.35. The van der Waals surface area contributed by atoms with Gasteiger partial charge in [0, 0.05) is 41.1 Å². The van der Waals surface area contributed by atoms with Gasteiger partial charge in [-0.3, -0.25) is 37.5 Å². The van der Waals surface area contributed by atoms with E-state index in [1.165, 1.54) is 0 Å². The average molecular weight is 674 g/mol. The van der Waals surface area contributed by atoms with Gasteiger partial charge in [0.25, 0.3) is 5.56 Å². The Kier molecular flexibility index (Phi) is 15.5. The smallest absolute Gasteiger partial charge is 0.387 e. The maximum absolute atomic E-state index is 15.2. The molecule has 0 unspecified atom stereocenters. The van der Waals surface area contributed by atoms with Crippen molar-refractivity contribution >= 4 is 41.6 Å². The molecule has 4 atom stereocenters. The lowest BCUT2D eigenvalue weighted by molar-refractivity contribution is -0.122.